The number of rotatable bonds is 4. The van der Waals surface area contributed by atoms with Gasteiger partial charge in [0.1, 0.15) is 6.61 Å². The number of esters is 1. The second-order valence-electron chi connectivity index (χ2n) is 4.80. The Morgan fingerprint density at radius 1 is 1.17 bits per heavy atom. The topological polar surface area (TPSA) is 35.5 Å². The van der Waals surface area contributed by atoms with E-state index < -0.39 is 0 Å². The summed E-state index contributed by atoms with van der Waals surface area (Å²) in [6, 6.07) is 9.79. The lowest BCUT2D eigenvalue weighted by molar-refractivity contribution is -0.151. The molecule has 1 aliphatic carbocycles. The van der Waals surface area contributed by atoms with Crippen LogP contribution in [0, 0.1) is 5.92 Å². The average molecular weight is 248 g/mol. The molecule has 1 aromatic rings. The molecular formula is C15H20O3. The lowest BCUT2D eigenvalue weighted by Crippen LogP contribution is -2.26. The smallest absolute Gasteiger partial charge is 0.309 e. The fraction of sp³-hybridized carbons (Fsp3) is 0.533. The van der Waals surface area contributed by atoms with E-state index >= 15 is 0 Å². The number of hydrogen-bond acceptors (Lipinski definition) is 3. The number of carbonyl (C=O) groups excluding carboxylic acids is 1. The van der Waals surface area contributed by atoms with E-state index in [1.165, 1.54) is 0 Å². The van der Waals surface area contributed by atoms with Crippen molar-refractivity contribution in [3.05, 3.63) is 35.9 Å². The molecule has 1 aromatic carbocycles. The molecule has 0 amide bonds. The fourth-order valence-corrected chi connectivity index (χ4v) is 2.38. The lowest BCUT2D eigenvalue weighted by Gasteiger charge is -2.26. The molecule has 0 bridgehead atoms. The normalized spacial score (nSPS) is 23.6. The summed E-state index contributed by atoms with van der Waals surface area (Å²) in [6.45, 7) is 0.379. The van der Waals surface area contributed by atoms with Gasteiger partial charge in [0, 0.05) is 7.11 Å². The van der Waals surface area contributed by atoms with E-state index in [2.05, 4.69) is 0 Å². The third-order valence-electron chi connectivity index (χ3n) is 3.56. The number of methoxy groups -OCH3 is 1. The first kappa shape index (κ1) is 13.1. The Morgan fingerprint density at radius 2 is 1.83 bits per heavy atom. The minimum atomic E-state index is -0.0617. The Hall–Kier alpha value is -1.35. The minimum Gasteiger partial charge on any atom is -0.461 e. The molecule has 1 saturated carbocycles. The predicted octanol–water partition coefficient (Wildman–Crippen LogP) is 2.94. The molecule has 0 N–H and O–H groups in total. The zero-order valence-corrected chi connectivity index (χ0v) is 10.8. The Bertz CT molecular complexity index is 367. The third-order valence-corrected chi connectivity index (χ3v) is 3.56. The summed E-state index contributed by atoms with van der Waals surface area (Å²) in [5, 5.41) is 0. The SMILES string of the molecule is CO[C@H]1CC[C@H](C(=O)OCc2ccccc2)CC1. The molecule has 0 spiro atoms. The molecule has 0 radical (unpaired) electrons. The monoisotopic (exact) mass is 248 g/mol. The van der Waals surface area contributed by atoms with E-state index in [9.17, 15) is 4.79 Å². The summed E-state index contributed by atoms with van der Waals surface area (Å²) >= 11 is 0. The summed E-state index contributed by atoms with van der Waals surface area (Å²) in [6.07, 6.45) is 4.00. The quantitative estimate of drug-likeness (QED) is 0.768. The van der Waals surface area contributed by atoms with Gasteiger partial charge in [-0.15, -0.1) is 0 Å². The number of carbonyl (C=O) groups is 1. The first-order valence-electron chi connectivity index (χ1n) is 6.53. The Labute approximate surface area is 108 Å². The van der Waals surface area contributed by atoms with Gasteiger partial charge in [-0.2, -0.15) is 0 Å². The Balaban J connectivity index is 1.75. The second kappa shape index (κ2) is 6.55. The van der Waals surface area contributed by atoms with Crippen LogP contribution in [0.4, 0.5) is 0 Å². The van der Waals surface area contributed by atoms with Crippen molar-refractivity contribution in [2.24, 2.45) is 5.92 Å². The summed E-state index contributed by atoms with van der Waals surface area (Å²) in [5.41, 5.74) is 1.04. The highest BCUT2D eigenvalue weighted by Crippen LogP contribution is 2.27. The van der Waals surface area contributed by atoms with Gasteiger partial charge in [0.2, 0.25) is 0 Å². The molecule has 3 heteroatoms. The van der Waals surface area contributed by atoms with Crippen LogP contribution in [-0.2, 0) is 20.9 Å². The average Bonchev–Trinajstić information content (AvgIpc) is 2.46. The highest BCUT2D eigenvalue weighted by atomic mass is 16.5. The Morgan fingerprint density at radius 3 is 2.44 bits per heavy atom. The molecule has 0 aliphatic heterocycles. The lowest BCUT2D eigenvalue weighted by atomic mass is 9.87. The summed E-state index contributed by atoms with van der Waals surface area (Å²) < 4.78 is 10.7. The first-order valence-corrected chi connectivity index (χ1v) is 6.53. The van der Waals surface area contributed by atoms with Gasteiger partial charge in [-0.05, 0) is 31.2 Å². The molecule has 1 aliphatic rings. The van der Waals surface area contributed by atoms with Gasteiger partial charge in [0.25, 0.3) is 0 Å². The van der Waals surface area contributed by atoms with Crippen LogP contribution >= 0.6 is 0 Å². The molecule has 98 valence electrons. The van der Waals surface area contributed by atoms with Gasteiger partial charge in [-0.25, -0.2) is 0 Å². The van der Waals surface area contributed by atoms with Crippen molar-refractivity contribution in [1.82, 2.24) is 0 Å². The van der Waals surface area contributed by atoms with E-state index in [1.807, 2.05) is 30.3 Å². The van der Waals surface area contributed by atoms with Crippen LogP contribution < -0.4 is 0 Å². The second-order valence-corrected chi connectivity index (χ2v) is 4.80. The highest BCUT2D eigenvalue weighted by Gasteiger charge is 2.27. The van der Waals surface area contributed by atoms with E-state index in [0.717, 1.165) is 31.2 Å². The van der Waals surface area contributed by atoms with Gasteiger partial charge in [-0.1, -0.05) is 30.3 Å². The molecule has 0 saturated heterocycles. The van der Waals surface area contributed by atoms with Crippen LogP contribution in [0.2, 0.25) is 0 Å². The van der Waals surface area contributed by atoms with Crippen molar-refractivity contribution < 1.29 is 14.3 Å². The van der Waals surface area contributed by atoms with Gasteiger partial charge in [0.05, 0.1) is 12.0 Å². The largest absolute Gasteiger partial charge is 0.461 e. The number of ether oxygens (including phenoxy) is 2. The van der Waals surface area contributed by atoms with Crippen molar-refractivity contribution in [3.63, 3.8) is 0 Å². The van der Waals surface area contributed by atoms with Crippen molar-refractivity contribution in [1.29, 1.82) is 0 Å². The van der Waals surface area contributed by atoms with Crippen molar-refractivity contribution in [3.8, 4) is 0 Å². The van der Waals surface area contributed by atoms with Crippen molar-refractivity contribution >= 4 is 5.97 Å². The minimum absolute atomic E-state index is 0.0557. The maximum Gasteiger partial charge on any atom is 0.309 e. The molecule has 3 nitrogen and oxygen atoms in total. The third kappa shape index (κ3) is 3.57. The maximum atomic E-state index is 11.9. The van der Waals surface area contributed by atoms with Gasteiger partial charge < -0.3 is 9.47 Å². The summed E-state index contributed by atoms with van der Waals surface area (Å²) in [5.74, 6) is -0.00600. The predicted molar refractivity (Wildman–Crippen MR) is 69.0 cm³/mol. The fourth-order valence-electron chi connectivity index (χ4n) is 2.38. The molecule has 0 atom stereocenters. The van der Waals surface area contributed by atoms with E-state index in [4.69, 9.17) is 9.47 Å². The van der Waals surface area contributed by atoms with E-state index in [-0.39, 0.29) is 11.9 Å². The van der Waals surface area contributed by atoms with Gasteiger partial charge in [-0.3, -0.25) is 4.79 Å². The molecule has 0 unspecified atom stereocenters. The first-order chi connectivity index (χ1) is 8.79. The van der Waals surface area contributed by atoms with Crippen LogP contribution in [-0.4, -0.2) is 19.2 Å². The van der Waals surface area contributed by atoms with E-state index in [0.29, 0.717) is 12.7 Å². The Kier molecular flexibility index (Phi) is 4.76. The van der Waals surface area contributed by atoms with Crippen molar-refractivity contribution in [2.45, 2.75) is 38.4 Å². The summed E-state index contributed by atoms with van der Waals surface area (Å²) in [7, 11) is 1.73. The number of hydrogen-bond donors (Lipinski definition) is 0. The molecule has 1 fully saturated rings. The standard InChI is InChI=1S/C15H20O3/c1-17-14-9-7-13(8-10-14)15(16)18-11-12-5-3-2-4-6-12/h2-6,13-14H,7-11H2,1H3/t13-,14-. The molecule has 0 aromatic heterocycles. The van der Waals surface area contributed by atoms with E-state index in [1.54, 1.807) is 7.11 Å². The van der Waals surface area contributed by atoms with Crippen LogP contribution in [0.3, 0.4) is 0 Å². The van der Waals surface area contributed by atoms with Crippen LogP contribution in [0.25, 0.3) is 0 Å². The zero-order chi connectivity index (χ0) is 12.8. The molecule has 0 heterocycles. The highest BCUT2D eigenvalue weighted by molar-refractivity contribution is 5.72. The number of benzene rings is 1. The molecule has 18 heavy (non-hydrogen) atoms. The van der Waals surface area contributed by atoms with Gasteiger partial charge in [0.15, 0.2) is 0 Å². The van der Waals surface area contributed by atoms with Gasteiger partial charge >= 0.3 is 5.97 Å². The zero-order valence-electron chi connectivity index (χ0n) is 10.8. The molecular weight excluding hydrogens is 228 g/mol. The molecule has 2 rings (SSSR count). The van der Waals surface area contributed by atoms with Crippen LogP contribution in [0.5, 0.6) is 0 Å². The van der Waals surface area contributed by atoms with Crippen LogP contribution in [0.1, 0.15) is 31.2 Å². The van der Waals surface area contributed by atoms with Crippen LogP contribution in [0.15, 0.2) is 30.3 Å². The van der Waals surface area contributed by atoms with Crippen molar-refractivity contribution in [2.75, 3.05) is 7.11 Å². The summed E-state index contributed by atoms with van der Waals surface area (Å²) in [4.78, 5) is 11.9. The maximum absolute atomic E-state index is 11.9.